The van der Waals surface area contributed by atoms with Crippen LogP contribution in [0.1, 0.15) is 49.4 Å². The molecule has 16 heavy (non-hydrogen) atoms. The number of ether oxygens (including phenoxy) is 1. The molecule has 0 fully saturated rings. The third-order valence-electron chi connectivity index (χ3n) is 3.53. The summed E-state index contributed by atoms with van der Waals surface area (Å²) in [6.07, 6.45) is 6.05. The van der Waals surface area contributed by atoms with Gasteiger partial charge in [0, 0.05) is 25.5 Å². The zero-order valence-corrected chi connectivity index (χ0v) is 10.6. The Bertz CT molecular complexity index is 357. The molecule has 1 unspecified atom stereocenters. The molecule has 0 aromatic carbocycles. The highest BCUT2D eigenvalue weighted by atomic mass is 16.5. The van der Waals surface area contributed by atoms with E-state index < -0.39 is 0 Å². The number of imidazole rings is 1. The van der Waals surface area contributed by atoms with Gasteiger partial charge in [-0.3, -0.25) is 0 Å². The van der Waals surface area contributed by atoms with E-state index >= 15 is 0 Å². The molecule has 0 radical (unpaired) electrons. The second kappa shape index (κ2) is 5.00. The molecule has 0 saturated heterocycles. The van der Waals surface area contributed by atoms with Crippen molar-refractivity contribution < 1.29 is 4.74 Å². The van der Waals surface area contributed by atoms with E-state index in [1.807, 2.05) is 0 Å². The van der Waals surface area contributed by atoms with E-state index in [1.165, 1.54) is 42.9 Å². The minimum absolute atomic E-state index is 0.509. The van der Waals surface area contributed by atoms with Crippen LogP contribution >= 0.6 is 0 Å². The fraction of sp³-hybridized carbons (Fsp3) is 0.769. The summed E-state index contributed by atoms with van der Waals surface area (Å²) in [7, 11) is 1.77. The molecule has 0 saturated carbocycles. The van der Waals surface area contributed by atoms with Crippen LogP contribution in [0.4, 0.5) is 0 Å². The molecule has 1 aromatic heterocycles. The monoisotopic (exact) mass is 222 g/mol. The van der Waals surface area contributed by atoms with E-state index in [4.69, 9.17) is 9.72 Å². The summed E-state index contributed by atoms with van der Waals surface area (Å²) in [4.78, 5) is 4.70. The van der Waals surface area contributed by atoms with Gasteiger partial charge in [-0.05, 0) is 46.0 Å². The van der Waals surface area contributed by atoms with Crippen LogP contribution in [0.3, 0.4) is 0 Å². The third kappa shape index (κ3) is 2.14. The summed E-state index contributed by atoms with van der Waals surface area (Å²) >= 11 is 0. The van der Waals surface area contributed by atoms with Gasteiger partial charge in [-0.15, -0.1) is 0 Å². The van der Waals surface area contributed by atoms with Gasteiger partial charge in [0.1, 0.15) is 5.82 Å². The van der Waals surface area contributed by atoms with Crippen LogP contribution in [-0.4, -0.2) is 23.3 Å². The van der Waals surface area contributed by atoms with Crippen molar-refractivity contribution in [2.75, 3.05) is 13.7 Å². The molecule has 1 heterocycles. The number of nitrogens with zero attached hydrogens (tertiary/aromatic N) is 2. The average molecular weight is 222 g/mol. The first-order valence-corrected chi connectivity index (χ1v) is 6.29. The molecule has 1 atom stereocenters. The van der Waals surface area contributed by atoms with E-state index in [-0.39, 0.29) is 0 Å². The molecule has 0 N–H and O–H groups in total. The third-order valence-corrected chi connectivity index (χ3v) is 3.53. The van der Waals surface area contributed by atoms with Gasteiger partial charge in [0.15, 0.2) is 0 Å². The van der Waals surface area contributed by atoms with Gasteiger partial charge < -0.3 is 9.30 Å². The minimum atomic E-state index is 0.509. The predicted octanol–water partition coefficient (Wildman–Crippen LogP) is 2.67. The lowest BCUT2D eigenvalue weighted by Crippen LogP contribution is -2.14. The maximum absolute atomic E-state index is 5.16. The topological polar surface area (TPSA) is 27.1 Å². The Kier molecular flexibility index (Phi) is 3.64. The molecule has 3 nitrogen and oxygen atoms in total. The Hall–Kier alpha value is -0.830. The molecule has 0 spiro atoms. The Morgan fingerprint density at radius 2 is 2.12 bits per heavy atom. The van der Waals surface area contributed by atoms with Gasteiger partial charge in [-0.1, -0.05) is 0 Å². The second-order valence-electron chi connectivity index (χ2n) is 4.76. The zero-order valence-electron chi connectivity index (χ0n) is 10.6. The van der Waals surface area contributed by atoms with Crippen molar-refractivity contribution in [1.82, 2.24) is 9.55 Å². The lowest BCUT2D eigenvalue weighted by atomic mass is 10.0. The summed E-state index contributed by atoms with van der Waals surface area (Å²) in [5.41, 5.74) is 2.82. The fourth-order valence-electron chi connectivity index (χ4n) is 2.70. The Morgan fingerprint density at radius 3 is 2.88 bits per heavy atom. The molecule has 2 rings (SSSR count). The SMILES string of the molecule is COCCC(C)n1c(C)nc2c1CCCC2. The first-order chi connectivity index (χ1) is 7.74. The van der Waals surface area contributed by atoms with Crippen molar-refractivity contribution in [2.24, 2.45) is 0 Å². The van der Waals surface area contributed by atoms with Crippen molar-refractivity contribution in [3.05, 3.63) is 17.2 Å². The smallest absolute Gasteiger partial charge is 0.106 e. The van der Waals surface area contributed by atoms with Crippen molar-refractivity contribution in [3.8, 4) is 0 Å². The Balaban J connectivity index is 2.22. The Morgan fingerprint density at radius 1 is 1.38 bits per heavy atom. The maximum atomic E-state index is 5.16. The summed E-state index contributed by atoms with van der Waals surface area (Å²) < 4.78 is 7.58. The molecule has 1 aliphatic rings. The van der Waals surface area contributed by atoms with Gasteiger partial charge >= 0.3 is 0 Å². The minimum Gasteiger partial charge on any atom is -0.385 e. The predicted molar refractivity (Wildman–Crippen MR) is 64.8 cm³/mol. The molecule has 90 valence electrons. The van der Waals surface area contributed by atoms with Crippen LogP contribution in [0.25, 0.3) is 0 Å². The summed E-state index contributed by atoms with van der Waals surface area (Å²) in [5, 5.41) is 0. The average Bonchev–Trinajstić information content (AvgIpc) is 2.62. The first kappa shape index (κ1) is 11.6. The van der Waals surface area contributed by atoms with E-state index in [1.54, 1.807) is 7.11 Å². The van der Waals surface area contributed by atoms with Crippen LogP contribution in [0.5, 0.6) is 0 Å². The number of rotatable bonds is 4. The lowest BCUT2D eigenvalue weighted by Gasteiger charge is -2.20. The van der Waals surface area contributed by atoms with Crippen molar-refractivity contribution in [2.45, 2.75) is 52.0 Å². The van der Waals surface area contributed by atoms with Crippen molar-refractivity contribution in [1.29, 1.82) is 0 Å². The molecule has 0 bridgehead atoms. The van der Waals surface area contributed by atoms with Crippen molar-refractivity contribution >= 4 is 0 Å². The van der Waals surface area contributed by atoms with E-state index in [9.17, 15) is 0 Å². The number of aryl methyl sites for hydroxylation is 2. The molecule has 1 aromatic rings. The van der Waals surface area contributed by atoms with Crippen molar-refractivity contribution in [3.63, 3.8) is 0 Å². The van der Waals surface area contributed by atoms with Crippen LogP contribution < -0.4 is 0 Å². The molecule has 1 aliphatic carbocycles. The van der Waals surface area contributed by atoms with Gasteiger partial charge in [0.05, 0.1) is 5.69 Å². The summed E-state index contributed by atoms with van der Waals surface area (Å²) in [5.74, 6) is 1.18. The molecule has 3 heteroatoms. The molecular weight excluding hydrogens is 200 g/mol. The van der Waals surface area contributed by atoms with Crippen LogP contribution in [0.2, 0.25) is 0 Å². The lowest BCUT2D eigenvalue weighted by molar-refractivity contribution is 0.180. The van der Waals surface area contributed by atoms with Gasteiger partial charge in [0.25, 0.3) is 0 Å². The number of aromatic nitrogens is 2. The van der Waals surface area contributed by atoms with Gasteiger partial charge in [0.2, 0.25) is 0 Å². The van der Waals surface area contributed by atoms with E-state index in [0.717, 1.165) is 13.0 Å². The second-order valence-corrected chi connectivity index (χ2v) is 4.76. The maximum Gasteiger partial charge on any atom is 0.106 e. The van der Waals surface area contributed by atoms with Gasteiger partial charge in [-0.25, -0.2) is 4.98 Å². The number of hydrogen-bond donors (Lipinski definition) is 0. The first-order valence-electron chi connectivity index (χ1n) is 6.29. The van der Waals surface area contributed by atoms with Gasteiger partial charge in [-0.2, -0.15) is 0 Å². The molecule has 0 amide bonds. The summed E-state index contributed by atoms with van der Waals surface area (Å²) in [6, 6.07) is 0.509. The highest BCUT2D eigenvalue weighted by molar-refractivity contribution is 5.20. The Labute approximate surface area is 97.8 Å². The number of methoxy groups -OCH3 is 1. The number of hydrogen-bond acceptors (Lipinski definition) is 2. The van der Waals surface area contributed by atoms with E-state index in [2.05, 4.69) is 18.4 Å². The van der Waals surface area contributed by atoms with Crippen LogP contribution in [0.15, 0.2) is 0 Å². The quantitative estimate of drug-likeness (QED) is 0.783. The molecular formula is C13H22N2O. The largest absolute Gasteiger partial charge is 0.385 e. The van der Waals surface area contributed by atoms with E-state index in [0.29, 0.717) is 6.04 Å². The summed E-state index contributed by atoms with van der Waals surface area (Å²) in [6.45, 7) is 5.22. The standard InChI is InChI=1S/C13H22N2O/c1-10(8-9-16-3)15-11(2)14-12-6-4-5-7-13(12)15/h10H,4-9H2,1-3H3. The molecule has 0 aliphatic heterocycles. The zero-order chi connectivity index (χ0) is 11.5. The highest BCUT2D eigenvalue weighted by Gasteiger charge is 2.20. The van der Waals surface area contributed by atoms with Crippen LogP contribution in [-0.2, 0) is 17.6 Å². The number of fused-ring (bicyclic) bond motifs is 1. The van der Waals surface area contributed by atoms with Crippen LogP contribution in [0, 0.1) is 6.92 Å². The highest BCUT2D eigenvalue weighted by Crippen LogP contribution is 2.26. The fourth-order valence-corrected chi connectivity index (χ4v) is 2.70. The normalized spacial score (nSPS) is 17.2.